The van der Waals surface area contributed by atoms with Gasteiger partial charge in [-0.3, -0.25) is 14.6 Å². The van der Waals surface area contributed by atoms with Crippen molar-refractivity contribution in [3.05, 3.63) is 59.4 Å². The minimum atomic E-state index is -0.878. The number of carbonyl (C=O) groups is 2. The van der Waals surface area contributed by atoms with E-state index in [1.807, 2.05) is 0 Å². The van der Waals surface area contributed by atoms with Crippen LogP contribution in [-0.2, 0) is 0 Å². The van der Waals surface area contributed by atoms with E-state index in [0.717, 1.165) is 31.4 Å². The second kappa shape index (κ2) is 8.86. The molecule has 1 aromatic heterocycles. The zero-order chi connectivity index (χ0) is 18.2. The normalized spacial score (nSPS) is 10.4. The molecular weight excluding hydrogens is 328 g/mol. The van der Waals surface area contributed by atoms with Gasteiger partial charge in [-0.15, -0.1) is 0 Å². The van der Waals surface area contributed by atoms with Gasteiger partial charge in [-0.1, -0.05) is 25.8 Å². The fourth-order valence-electron chi connectivity index (χ4n) is 2.17. The molecule has 25 heavy (non-hydrogen) atoms. The van der Waals surface area contributed by atoms with Gasteiger partial charge in [0.1, 0.15) is 23.0 Å². The van der Waals surface area contributed by atoms with Crippen molar-refractivity contribution >= 4 is 17.5 Å². The number of benzene rings is 1. The van der Waals surface area contributed by atoms with Crippen molar-refractivity contribution < 1.29 is 18.4 Å². The van der Waals surface area contributed by atoms with E-state index >= 15 is 0 Å². The maximum Gasteiger partial charge on any atom is 0.269 e. The zero-order valence-corrected chi connectivity index (χ0v) is 13.8. The number of carbonyl (C=O) groups excluding carboxylic acids is 2. The molecule has 7 heteroatoms. The van der Waals surface area contributed by atoms with E-state index in [2.05, 4.69) is 22.5 Å². The van der Waals surface area contributed by atoms with Crippen molar-refractivity contribution in [1.82, 2.24) is 10.3 Å². The van der Waals surface area contributed by atoms with Gasteiger partial charge in [0.15, 0.2) is 0 Å². The summed E-state index contributed by atoms with van der Waals surface area (Å²) in [5.41, 5.74) is -0.385. The van der Waals surface area contributed by atoms with Crippen molar-refractivity contribution in [2.75, 3.05) is 11.9 Å². The topological polar surface area (TPSA) is 71.1 Å². The molecule has 0 aliphatic rings. The number of para-hydroxylation sites is 1. The summed E-state index contributed by atoms with van der Waals surface area (Å²) in [5.74, 6) is -2.89. The van der Waals surface area contributed by atoms with Crippen molar-refractivity contribution in [3.8, 4) is 0 Å². The average molecular weight is 347 g/mol. The summed E-state index contributed by atoms with van der Waals surface area (Å²) in [5, 5.41) is 4.89. The van der Waals surface area contributed by atoms with Crippen LogP contribution in [0, 0.1) is 11.6 Å². The van der Waals surface area contributed by atoms with Crippen molar-refractivity contribution in [3.63, 3.8) is 0 Å². The van der Waals surface area contributed by atoms with Crippen LogP contribution in [0.15, 0.2) is 36.5 Å². The van der Waals surface area contributed by atoms with Crippen LogP contribution in [0.4, 0.5) is 14.5 Å². The number of rotatable bonds is 7. The lowest BCUT2D eigenvalue weighted by Crippen LogP contribution is -2.26. The molecule has 0 saturated carbocycles. The van der Waals surface area contributed by atoms with Crippen LogP contribution in [0.3, 0.4) is 0 Å². The third kappa shape index (κ3) is 5.07. The molecule has 0 bridgehead atoms. The van der Waals surface area contributed by atoms with Gasteiger partial charge in [-0.25, -0.2) is 8.78 Å². The minimum Gasteiger partial charge on any atom is -0.351 e. The Morgan fingerprint density at radius 2 is 1.80 bits per heavy atom. The Labute approximate surface area is 144 Å². The van der Waals surface area contributed by atoms with Gasteiger partial charge in [0, 0.05) is 18.3 Å². The molecule has 0 saturated heterocycles. The van der Waals surface area contributed by atoms with Gasteiger partial charge in [-0.05, 0) is 30.7 Å². The Hall–Kier alpha value is -2.83. The molecule has 0 spiro atoms. The molecule has 1 heterocycles. The van der Waals surface area contributed by atoms with Crippen molar-refractivity contribution in [1.29, 1.82) is 0 Å². The van der Waals surface area contributed by atoms with Gasteiger partial charge in [0.25, 0.3) is 11.8 Å². The number of aromatic nitrogens is 1. The highest BCUT2D eigenvalue weighted by molar-refractivity contribution is 6.05. The maximum atomic E-state index is 13.6. The number of halogens is 2. The Balaban J connectivity index is 2.07. The van der Waals surface area contributed by atoms with Crippen molar-refractivity contribution in [2.45, 2.75) is 26.2 Å². The first kappa shape index (κ1) is 18.5. The Kier molecular flexibility index (Phi) is 6.56. The fraction of sp³-hybridized carbons (Fsp3) is 0.278. The lowest BCUT2D eigenvalue weighted by Gasteiger charge is -2.08. The quantitative estimate of drug-likeness (QED) is 0.753. The molecule has 1 aromatic carbocycles. The zero-order valence-electron chi connectivity index (χ0n) is 13.8. The fourth-order valence-corrected chi connectivity index (χ4v) is 2.17. The highest BCUT2D eigenvalue weighted by Gasteiger charge is 2.15. The summed E-state index contributed by atoms with van der Waals surface area (Å²) in [6, 6.07) is 5.93. The van der Waals surface area contributed by atoms with E-state index in [0.29, 0.717) is 6.54 Å². The third-order valence-corrected chi connectivity index (χ3v) is 3.52. The lowest BCUT2D eigenvalue weighted by atomic mass is 10.2. The van der Waals surface area contributed by atoms with Crippen LogP contribution in [0.25, 0.3) is 0 Å². The molecule has 2 rings (SSSR count). The predicted molar refractivity (Wildman–Crippen MR) is 90.4 cm³/mol. The van der Waals surface area contributed by atoms with Crippen LogP contribution < -0.4 is 10.6 Å². The van der Waals surface area contributed by atoms with Crippen LogP contribution in [0.1, 0.15) is 47.0 Å². The Morgan fingerprint density at radius 3 is 2.48 bits per heavy atom. The first-order valence-electron chi connectivity index (χ1n) is 8.02. The summed E-state index contributed by atoms with van der Waals surface area (Å²) in [4.78, 5) is 28.1. The van der Waals surface area contributed by atoms with Crippen LogP contribution in [0.2, 0.25) is 0 Å². The summed E-state index contributed by atoms with van der Waals surface area (Å²) in [6.45, 7) is 2.58. The highest BCUT2D eigenvalue weighted by atomic mass is 19.1. The highest BCUT2D eigenvalue weighted by Crippen LogP contribution is 2.19. The van der Waals surface area contributed by atoms with Gasteiger partial charge in [0.2, 0.25) is 0 Å². The molecule has 2 N–H and O–H groups in total. The number of nitrogens with zero attached hydrogens (tertiary/aromatic N) is 1. The minimum absolute atomic E-state index is 0.0677. The predicted octanol–water partition coefficient (Wildman–Crippen LogP) is 3.53. The number of hydrogen-bond acceptors (Lipinski definition) is 3. The third-order valence-electron chi connectivity index (χ3n) is 3.52. The van der Waals surface area contributed by atoms with Gasteiger partial charge >= 0.3 is 0 Å². The molecule has 5 nitrogen and oxygen atoms in total. The Morgan fingerprint density at radius 1 is 1.08 bits per heavy atom. The number of anilines is 1. The number of unbranched alkanes of at least 4 members (excludes halogenated alkanes) is 2. The maximum absolute atomic E-state index is 13.6. The summed E-state index contributed by atoms with van der Waals surface area (Å²) >= 11 is 0. The summed E-state index contributed by atoms with van der Waals surface area (Å²) in [7, 11) is 0. The second-order valence-corrected chi connectivity index (χ2v) is 5.44. The molecule has 0 atom stereocenters. The van der Waals surface area contributed by atoms with E-state index < -0.39 is 29.1 Å². The molecule has 132 valence electrons. The summed E-state index contributed by atoms with van der Waals surface area (Å²) in [6.07, 6.45) is 4.20. The van der Waals surface area contributed by atoms with E-state index in [1.165, 1.54) is 24.4 Å². The van der Waals surface area contributed by atoms with E-state index in [4.69, 9.17) is 0 Å². The van der Waals surface area contributed by atoms with Crippen LogP contribution in [-0.4, -0.2) is 23.3 Å². The first-order chi connectivity index (χ1) is 12.0. The van der Waals surface area contributed by atoms with E-state index in [1.54, 1.807) is 0 Å². The molecule has 0 unspecified atom stereocenters. The van der Waals surface area contributed by atoms with E-state index in [9.17, 15) is 18.4 Å². The smallest absolute Gasteiger partial charge is 0.269 e. The van der Waals surface area contributed by atoms with Gasteiger partial charge < -0.3 is 10.6 Å². The van der Waals surface area contributed by atoms with Crippen molar-refractivity contribution in [2.24, 2.45) is 0 Å². The number of amides is 2. The largest absolute Gasteiger partial charge is 0.351 e. The number of hydrogen-bond donors (Lipinski definition) is 2. The lowest BCUT2D eigenvalue weighted by molar-refractivity contribution is 0.0948. The average Bonchev–Trinajstić information content (AvgIpc) is 2.61. The molecule has 0 radical (unpaired) electrons. The number of nitrogens with one attached hydrogen (secondary N) is 2. The Bertz CT molecular complexity index is 745. The molecule has 0 fully saturated rings. The van der Waals surface area contributed by atoms with Gasteiger partial charge in [0.05, 0.1) is 0 Å². The molecule has 2 aromatic rings. The molecule has 2 amide bonds. The standard InChI is InChI=1S/C18H19F2N3O2/c1-2-3-4-9-22-18(25)15-11-12(8-10-21-15)17(24)23-16-13(19)6-5-7-14(16)20/h5-8,10-11H,2-4,9H2,1H3,(H,22,25)(H,23,24). The van der Waals surface area contributed by atoms with Crippen LogP contribution >= 0.6 is 0 Å². The van der Waals surface area contributed by atoms with Crippen LogP contribution in [0.5, 0.6) is 0 Å². The second-order valence-electron chi connectivity index (χ2n) is 5.44. The monoisotopic (exact) mass is 347 g/mol. The van der Waals surface area contributed by atoms with E-state index in [-0.39, 0.29) is 11.3 Å². The molecule has 0 aliphatic heterocycles. The number of pyridine rings is 1. The SMILES string of the molecule is CCCCCNC(=O)c1cc(C(=O)Nc2c(F)cccc2F)ccn1. The molecular formula is C18H19F2N3O2. The first-order valence-corrected chi connectivity index (χ1v) is 8.02. The molecule has 0 aliphatic carbocycles. The van der Waals surface area contributed by atoms with Gasteiger partial charge in [-0.2, -0.15) is 0 Å². The summed E-state index contributed by atoms with van der Waals surface area (Å²) < 4.78 is 27.2.